The normalized spacial score (nSPS) is 15.4. The van der Waals surface area contributed by atoms with Crippen molar-refractivity contribution in [2.24, 2.45) is 0 Å². The van der Waals surface area contributed by atoms with Crippen molar-refractivity contribution in [1.82, 2.24) is 15.3 Å². The fourth-order valence-corrected chi connectivity index (χ4v) is 4.42. The van der Waals surface area contributed by atoms with E-state index < -0.39 is 0 Å². The molecule has 1 aliphatic heterocycles. The molecule has 0 unspecified atom stereocenters. The predicted octanol–water partition coefficient (Wildman–Crippen LogP) is 5.78. The Bertz CT molecular complexity index is 1150. The Morgan fingerprint density at radius 2 is 1.88 bits per heavy atom. The zero-order valence-corrected chi connectivity index (χ0v) is 18.4. The molecule has 1 fully saturated rings. The third-order valence-corrected chi connectivity index (χ3v) is 6.19. The van der Waals surface area contributed by atoms with E-state index in [0.29, 0.717) is 16.8 Å². The van der Waals surface area contributed by atoms with Crippen LogP contribution in [-0.2, 0) is 12.8 Å². The van der Waals surface area contributed by atoms with Gasteiger partial charge in [-0.15, -0.1) is 0 Å². The maximum absolute atomic E-state index is 12.6. The molecule has 1 saturated carbocycles. The number of anilines is 5. The van der Waals surface area contributed by atoms with Crippen LogP contribution in [0.15, 0.2) is 48.7 Å². The minimum Gasteiger partial charge on any atom is -0.339 e. The lowest BCUT2D eigenvalue weighted by Crippen LogP contribution is -2.36. The van der Waals surface area contributed by atoms with Crippen LogP contribution in [0, 0.1) is 0 Å². The van der Waals surface area contributed by atoms with Gasteiger partial charge in [0.25, 0.3) is 0 Å². The molecule has 164 valence electrons. The van der Waals surface area contributed by atoms with E-state index in [1.807, 2.05) is 30.3 Å². The molecule has 3 aromatic rings. The van der Waals surface area contributed by atoms with E-state index in [2.05, 4.69) is 43.4 Å². The summed E-state index contributed by atoms with van der Waals surface area (Å²) in [5.74, 6) is 0.987. The van der Waals surface area contributed by atoms with Crippen LogP contribution in [0.5, 0.6) is 0 Å². The van der Waals surface area contributed by atoms with Crippen molar-refractivity contribution in [3.63, 3.8) is 0 Å². The molecule has 7 nitrogen and oxygen atoms in total. The van der Waals surface area contributed by atoms with Gasteiger partial charge >= 0.3 is 6.03 Å². The van der Waals surface area contributed by atoms with E-state index >= 15 is 0 Å². The molecule has 4 N–H and O–H groups in total. The number of rotatable bonds is 2. The van der Waals surface area contributed by atoms with Crippen LogP contribution in [0.2, 0.25) is 5.02 Å². The minimum atomic E-state index is -0.147. The molecule has 1 aliphatic carbocycles. The van der Waals surface area contributed by atoms with Crippen LogP contribution in [0.1, 0.15) is 36.8 Å². The van der Waals surface area contributed by atoms with E-state index in [4.69, 9.17) is 11.6 Å². The maximum atomic E-state index is 12.6. The summed E-state index contributed by atoms with van der Waals surface area (Å²) >= 11 is 6.33. The van der Waals surface area contributed by atoms with Crippen molar-refractivity contribution in [2.45, 2.75) is 44.6 Å². The second-order valence-electron chi connectivity index (χ2n) is 8.29. The molecule has 6 bridgehead atoms. The number of hydrogen-bond acceptors (Lipinski definition) is 5. The fourth-order valence-electron chi connectivity index (χ4n) is 4.28. The standard InChI is InChI=1S/C24H25ClN6O/c25-20-14-26-23-28-18-7-3-4-15(12-18)8-9-16-13-19(27-22(20)31-23)10-11-21(16)30-24(32)29-17-5-1-2-6-17/h3-4,7,10-14,17H,1-2,5-6,8-9H2,(H2,29,30,32)(H2,26,27,28,31). The zero-order chi connectivity index (χ0) is 21.9. The topological polar surface area (TPSA) is 91.0 Å². The molecule has 0 atom stereocenters. The van der Waals surface area contributed by atoms with Gasteiger partial charge < -0.3 is 21.3 Å². The van der Waals surface area contributed by atoms with Crippen molar-refractivity contribution in [3.05, 3.63) is 64.8 Å². The van der Waals surface area contributed by atoms with Crippen LogP contribution in [0.25, 0.3) is 0 Å². The van der Waals surface area contributed by atoms with Crippen LogP contribution >= 0.6 is 11.6 Å². The monoisotopic (exact) mass is 448 g/mol. The van der Waals surface area contributed by atoms with Gasteiger partial charge in [0.05, 0.1) is 6.20 Å². The Morgan fingerprint density at radius 3 is 2.75 bits per heavy atom. The summed E-state index contributed by atoms with van der Waals surface area (Å²) in [6.07, 6.45) is 7.64. The highest BCUT2D eigenvalue weighted by Crippen LogP contribution is 2.29. The van der Waals surface area contributed by atoms with E-state index in [-0.39, 0.29) is 12.1 Å². The zero-order valence-electron chi connectivity index (χ0n) is 17.6. The second kappa shape index (κ2) is 9.04. The molecule has 0 saturated heterocycles. The summed E-state index contributed by atoms with van der Waals surface area (Å²) in [6.45, 7) is 0. The molecule has 2 aliphatic rings. The number of hydrogen-bond donors (Lipinski definition) is 4. The molecule has 5 rings (SSSR count). The lowest BCUT2D eigenvalue weighted by atomic mass is 10.0. The molecule has 2 aromatic carbocycles. The van der Waals surface area contributed by atoms with Gasteiger partial charge in [-0.3, -0.25) is 0 Å². The van der Waals surface area contributed by atoms with E-state index in [0.717, 1.165) is 48.3 Å². The molecule has 0 spiro atoms. The highest BCUT2D eigenvalue weighted by Gasteiger charge is 2.18. The van der Waals surface area contributed by atoms with Gasteiger partial charge in [0.15, 0.2) is 5.82 Å². The quantitative estimate of drug-likeness (QED) is 0.399. The number of carbonyl (C=O) groups excluding carboxylic acids is 1. The van der Waals surface area contributed by atoms with Crippen LogP contribution in [0.4, 0.5) is 33.6 Å². The van der Waals surface area contributed by atoms with Gasteiger partial charge in [-0.05, 0) is 67.1 Å². The molecule has 32 heavy (non-hydrogen) atoms. The number of aryl methyl sites for hydroxylation is 2. The molecular weight excluding hydrogens is 424 g/mol. The summed E-state index contributed by atoms with van der Waals surface area (Å²) in [4.78, 5) is 21.4. The van der Waals surface area contributed by atoms with Crippen molar-refractivity contribution >= 4 is 46.5 Å². The molecule has 0 radical (unpaired) electrons. The van der Waals surface area contributed by atoms with Crippen molar-refractivity contribution < 1.29 is 4.79 Å². The Hall–Kier alpha value is -3.32. The summed E-state index contributed by atoms with van der Waals surface area (Å²) in [6, 6.07) is 14.2. The van der Waals surface area contributed by atoms with Crippen molar-refractivity contribution in [1.29, 1.82) is 0 Å². The van der Waals surface area contributed by atoms with Gasteiger partial charge in [0.2, 0.25) is 5.95 Å². The van der Waals surface area contributed by atoms with Gasteiger partial charge in [0, 0.05) is 23.1 Å². The summed E-state index contributed by atoms with van der Waals surface area (Å²) in [5, 5.41) is 13.1. The highest BCUT2D eigenvalue weighted by molar-refractivity contribution is 6.32. The largest absolute Gasteiger partial charge is 0.339 e. The molecular formula is C24H25ClN6O. The Labute approximate surface area is 192 Å². The van der Waals surface area contributed by atoms with Crippen molar-refractivity contribution in [3.8, 4) is 0 Å². The third-order valence-electron chi connectivity index (χ3n) is 5.92. The number of aromatic nitrogens is 2. The number of amides is 2. The first-order chi connectivity index (χ1) is 15.6. The number of nitrogens with zero attached hydrogens (tertiary/aromatic N) is 2. The Morgan fingerprint density at radius 1 is 1.03 bits per heavy atom. The first-order valence-corrected chi connectivity index (χ1v) is 11.4. The summed E-state index contributed by atoms with van der Waals surface area (Å²) in [7, 11) is 0. The SMILES string of the molecule is O=C(Nc1ccc2cc1CCc1cccc(c1)Nc1ncc(Cl)c(n1)N2)NC1CCCC1. The number of carbonyl (C=O) groups is 1. The maximum Gasteiger partial charge on any atom is 0.319 e. The molecule has 1 aromatic heterocycles. The van der Waals surface area contributed by atoms with Gasteiger partial charge in [-0.2, -0.15) is 4.98 Å². The Balaban J connectivity index is 1.46. The Kier molecular flexibility index (Phi) is 5.81. The first kappa shape index (κ1) is 20.6. The molecule has 8 heteroatoms. The van der Waals surface area contributed by atoms with Crippen LogP contribution in [0.3, 0.4) is 0 Å². The number of halogens is 1. The molecule has 2 heterocycles. The van der Waals surface area contributed by atoms with Crippen LogP contribution in [-0.4, -0.2) is 22.0 Å². The lowest BCUT2D eigenvalue weighted by molar-refractivity contribution is 0.248. The van der Waals surface area contributed by atoms with Gasteiger partial charge in [0.1, 0.15) is 5.02 Å². The fraction of sp³-hybridized carbons (Fsp3) is 0.292. The van der Waals surface area contributed by atoms with Gasteiger partial charge in [-0.1, -0.05) is 36.6 Å². The summed E-state index contributed by atoms with van der Waals surface area (Å²) in [5.41, 5.74) is 4.79. The number of urea groups is 1. The molecule has 2 amide bonds. The van der Waals surface area contributed by atoms with E-state index in [9.17, 15) is 4.79 Å². The predicted molar refractivity (Wildman–Crippen MR) is 128 cm³/mol. The summed E-state index contributed by atoms with van der Waals surface area (Å²) < 4.78 is 0. The van der Waals surface area contributed by atoms with Crippen LogP contribution < -0.4 is 21.3 Å². The lowest BCUT2D eigenvalue weighted by Gasteiger charge is -2.17. The first-order valence-electron chi connectivity index (χ1n) is 11.0. The van der Waals surface area contributed by atoms with Gasteiger partial charge in [-0.25, -0.2) is 9.78 Å². The minimum absolute atomic E-state index is 0.147. The van der Waals surface area contributed by atoms with E-state index in [1.165, 1.54) is 18.4 Å². The second-order valence-corrected chi connectivity index (χ2v) is 8.70. The third kappa shape index (κ3) is 4.78. The number of fused-ring (bicyclic) bond motifs is 6. The van der Waals surface area contributed by atoms with E-state index in [1.54, 1.807) is 6.20 Å². The smallest absolute Gasteiger partial charge is 0.319 e. The average molecular weight is 449 g/mol. The highest BCUT2D eigenvalue weighted by atomic mass is 35.5. The number of benzene rings is 2. The van der Waals surface area contributed by atoms with Crippen molar-refractivity contribution in [2.75, 3.05) is 16.0 Å². The average Bonchev–Trinajstić information content (AvgIpc) is 3.29. The number of nitrogens with one attached hydrogen (secondary N) is 4.